The number of nitrogens with zero attached hydrogens (tertiary/aromatic N) is 2. The lowest BCUT2D eigenvalue weighted by molar-refractivity contribution is -0.144. The standard InChI is InChI=1S/C13H24N2O6/c1-14(6-11(16)17)9-4-2-3-5-10(9)15(7-12(18)19)8-13(20)21/h9-11,16-17H,2-8H2,1H3,(H,18,19)(H,20,21)/t9-,10-/m1/s1. The van der Waals surface area contributed by atoms with Crippen molar-refractivity contribution in [3.05, 3.63) is 0 Å². The molecular formula is C13H24N2O6. The maximum absolute atomic E-state index is 11.0. The van der Waals surface area contributed by atoms with Crippen LogP contribution < -0.4 is 0 Å². The zero-order valence-corrected chi connectivity index (χ0v) is 12.2. The Morgan fingerprint density at radius 3 is 1.95 bits per heavy atom. The summed E-state index contributed by atoms with van der Waals surface area (Å²) in [5.41, 5.74) is 0. The van der Waals surface area contributed by atoms with Gasteiger partial charge in [0.1, 0.15) is 0 Å². The summed E-state index contributed by atoms with van der Waals surface area (Å²) in [7, 11) is 1.74. The van der Waals surface area contributed by atoms with Crippen molar-refractivity contribution >= 4 is 11.9 Å². The normalized spacial score (nSPS) is 23.0. The third-order valence-corrected chi connectivity index (χ3v) is 3.86. The molecule has 1 rings (SSSR count). The third-order valence-electron chi connectivity index (χ3n) is 3.86. The van der Waals surface area contributed by atoms with Crippen LogP contribution in [0.3, 0.4) is 0 Å². The van der Waals surface area contributed by atoms with Gasteiger partial charge in [0.15, 0.2) is 6.29 Å². The van der Waals surface area contributed by atoms with Crippen LogP contribution in [0.2, 0.25) is 0 Å². The van der Waals surface area contributed by atoms with E-state index >= 15 is 0 Å². The Hall–Kier alpha value is -1.22. The average Bonchev–Trinajstić information content (AvgIpc) is 2.36. The molecule has 0 aromatic rings. The van der Waals surface area contributed by atoms with Gasteiger partial charge in [-0.2, -0.15) is 0 Å². The topological polar surface area (TPSA) is 122 Å². The highest BCUT2D eigenvalue weighted by Gasteiger charge is 2.34. The Balaban J connectivity index is 2.83. The van der Waals surface area contributed by atoms with E-state index in [9.17, 15) is 9.59 Å². The SMILES string of the molecule is CN(CC(O)O)[C@@H]1CCCC[C@H]1N(CC(=O)O)CC(=O)O. The fourth-order valence-corrected chi connectivity index (χ4v) is 3.06. The highest BCUT2D eigenvalue weighted by atomic mass is 16.5. The van der Waals surface area contributed by atoms with Gasteiger partial charge in [0.2, 0.25) is 0 Å². The molecule has 21 heavy (non-hydrogen) atoms. The fraction of sp³-hybridized carbons (Fsp3) is 0.846. The zero-order valence-electron chi connectivity index (χ0n) is 12.2. The van der Waals surface area contributed by atoms with Crippen molar-refractivity contribution in [2.45, 2.75) is 44.1 Å². The third kappa shape index (κ3) is 5.96. The number of aliphatic hydroxyl groups excluding tert-OH is 1. The van der Waals surface area contributed by atoms with Crippen LogP contribution in [0.25, 0.3) is 0 Å². The van der Waals surface area contributed by atoms with Crippen molar-refractivity contribution < 1.29 is 30.0 Å². The van der Waals surface area contributed by atoms with Crippen LogP contribution in [0.5, 0.6) is 0 Å². The summed E-state index contributed by atoms with van der Waals surface area (Å²) in [4.78, 5) is 25.1. The largest absolute Gasteiger partial charge is 0.480 e. The van der Waals surface area contributed by atoms with Gasteiger partial charge < -0.3 is 20.4 Å². The molecule has 0 saturated heterocycles. The molecule has 1 fully saturated rings. The maximum atomic E-state index is 11.0. The molecule has 0 radical (unpaired) electrons. The molecule has 0 aromatic carbocycles. The minimum atomic E-state index is -1.47. The van der Waals surface area contributed by atoms with Crippen LogP contribution in [0.1, 0.15) is 25.7 Å². The van der Waals surface area contributed by atoms with Gasteiger partial charge in [0, 0.05) is 18.6 Å². The first-order valence-electron chi connectivity index (χ1n) is 7.05. The number of rotatable bonds is 8. The van der Waals surface area contributed by atoms with Gasteiger partial charge in [-0.3, -0.25) is 19.4 Å². The molecule has 2 atom stereocenters. The van der Waals surface area contributed by atoms with E-state index in [0.717, 1.165) is 19.3 Å². The predicted molar refractivity (Wildman–Crippen MR) is 73.7 cm³/mol. The maximum Gasteiger partial charge on any atom is 0.317 e. The van der Waals surface area contributed by atoms with Crippen molar-refractivity contribution in [1.29, 1.82) is 0 Å². The summed E-state index contributed by atoms with van der Waals surface area (Å²) in [5, 5.41) is 36.1. The second-order valence-corrected chi connectivity index (χ2v) is 5.53. The molecule has 8 heteroatoms. The Bertz CT molecular complexity index is 347. The molecule has 0 heterocycles. The van der Waals surface area contributed by atoms with Crippen molar-refractivity contribution in [1.82, 2.24) is 9.80 Å². The van der Waals surface area contributed by atoms with E-state index in [-0.39, 0.29) is 31.7 Å². The Kier molecular flexibility index (Phi) is 7.03. The van der Waals surface area contributed by atoms with Gasteiger partial charge in [0.25, 0.3) is 0 Å². The van der Waals surface area contributed by atoms with Crippen LogP contribution in [-0.2, 0) is 9.59 Å². The van der Waals surface area contributed by atoms with E-state index in [4.69, 9.17) is 20.4 Å². The number of aliphatic carboxylic acids is 2. The quantitative estimate of drug-likeness (QED) is 0.422. The molecule has 0 bridgehead atoms. The Labute approximate surface area is 123 Å². The summed E-state index contributed by atoms with van der Waals surface area (Å²) in [5.74, 6) is -2.13. The Morgan fingerprint density at radius 1 is 1.05 bits per heavy atom. The summed E-state index contributed by atoms with van der Waals surface area (Å²) in [6.07, 6.45) is 1.89. The monoisotopic (exact) mass is 304 g/mol. The second-order valence-electron chi connectivity index (χ2n) is 5.53. The average molecular weight is 304 g/mol. The Morgan fingerprint density at radius 2 is 1.52 bits per heavy atom. The molecule has 4 N–H and O–H groups in total. The van der Waals surface area contributed by atoms with Crippen molar-refractivity contribution in [2.24, 2.45) is 0 Å². The van der Waals surface area contributed by atoms with Crippen LogP contribution in [-0.4, -0.2) is 87.2 Å². The molecule has 1 saturated carbocycles. The molecular weight excluding hydrogens is 280 g/mol. The lowest BCUT2D eigenvalue weighted by Gasteiger charge is -2.43. The van der Waals surface area contributed by atoms with Gasteiger partial charge in [0.05, 0.1) is 13.1 Å². The minimum absolute atomic E-state index is 0.0507. The molecule has 1 aliphatic rings. The number of carboxylic acid groups (broad SMARTS) is 2. The molecule has 0 spiro atoms. The van der Waals surface area contributed by atoms with Crippen molar-refractivity contribution in [3.8, 4) is 0 Å². The first kappa shape index (κ1) is 17.8. The zero-order chi connectivity index (χ0) is 16.0. The van der Waals surface area contributed by atoms with E-state index < -0.39 is 18.2 Å². The second kappa shape index (κ2) is 8.28. The van der Waals surface area contributed by atoms with Crippen molar-refractivity contribution in [2.75, 3.05) is 26.7 Å². The van der Waals surface area contributed by atoms with Crippen LogP contribution >= 0.6 is 0 Å². The lowest BCUT2D eigenvalue weighted by atomic mass is 9.88. The molecule has 122 valence electrons. The van der Waals surface area contributed by atoms with Gasteiger partial charge in [-0.1, -0.05) is 12.8 Å². The van der Waals surface area contributed by atoms with Gasteiger partial charge in [-0.05, 0) is 19.9 Å². The predicted octanol–water partition coefficient (Wildman–Crippen LogP) is -0.989. The van der Waals surface area contributed by atoms with E-state index in [1.807, 2.05) is 0 Å². The summed E-state index contributed by atoms with van der Waals surface area (Å²) < 4.78 is 0. The van der Waals surface area contributed by atoms with E-state index in [1.165, 1.54) is 4.90 Å². The number of hydrogen-bond acceptors (Lipinski definition) is 6. The summed E-state index contributed by atoms with van der Waals surface area (Å²) >= 11 is 0. The smallest absolute Gasteiger partial charge is 0.317 e. The molecule has 8 nitrogen and oxygen atoms in total. The number of carboxylic acids is 2. The first-order chi connectivity index (χ1) is 9.81. The van der Waals surface area contributed by atoms with E-state index in [2.05, 4.69) is 0 Å². The summed E-state index contributed by atoms with van der Waals surface area (Å²) in [6, 6.07) is -0.297. The number of carbonyl (C=O) groups is 2. The first-order valence-corrected chi connectivity index (χ1v) is 7.05. The van der Waals surface area contributed by atoms with Crippen LogP contribution in [0.15, 0.2) is 0 Å². The molecule has 1 aliphatic carbocycles. The highest BCUT2D eigenvalue weighted by molar-refractivity contribution is 5.72. The van der Waals surface area contributed by atoms with Gasteiger partial charge in [-0.25, -0.2) is 0 Å². The molecule has 0 aliphatic heterocycles. The molecule has 0 aromatic heterocycles. The molecule has 0 amide bonds. The fourth-order valence-electron chi connectivity index (χ4n) is 3.06. The van der Waals surface area contributed by atoms with E-state index in [1.54, 1.807) is 11.9 Å². The van der Waals surface area contributed by atoms with E-state index in [0.29, 0.717) is 6.42 Å². The van der Waals surface area contributed by atoms with Crippen LogP contribution in [0.4, 0.5) is 0 Å². The van der Waals surface area contributed by atoms with Gasteiger partial charge in [-0.15, -0.1) is 0 Å². The highest BCUT2D eigenvalue weighted by Crippen LogP contribution is 2.26. The molecule has 0 unspecified atom stereocenters. The lowest BCUT2D eigenvalue weighted by Crippen LogP contribution is -2.55. The summed E-state index contributed by atoms with van der Waals surface area (Å²) in [6.45, 7) is -0.610. The van der Waals surface area contributed by atoms with Crippen molar-refractivity contribution in [3.63, 3.8) is 0 Å². The number of aliphatic hydroxyl groups is 2. The minimum Gasteiger partial charge on any atom is -0.480 e. The number of likely N-dealkylation sites (N-methyl/N-ethyl adjacent to an activating group) is 1. The van der Waals surface area contributed by atoms with Gasteiger partial charge >= 0.3 is 11.9 Å². The van der Waals surface area contributed by atoms with Crippen LogP contribution in [0, 0.1) is 0 Å². The number of hydrogen-bond donors (Lipinski definition) is 4.